The second kappa shape index (κ2) is 11.4. The maximum Gasteiger partial charge on any atom is 0.0596 e. The third-order valence-corrected chi connectivity index (χ3v) is 7.28. The lowest BCUT2D eigenvalue weighted by Gasteiger charge is -2.50. The van der Waals surface area contributed by atoms with Crippen molar-refractivity contribution < 1.29 is 9.47 Å². The molecule has 2 rings (SSSR count). The van der Waals surface area contributed by atoms with Gasteiger partial charge < -0.3 is 14.4 Å². The van der Waals surface area contributed by atoms with Crippen LogP contribution in [0.25, 0.3) is 0 Å². The van der Waals surface area contributed by atoms with Gasteiger partial charge in [-0.2, -0.15) is 0 Å². The van der Waals surface area contributed by atoms with Crippen LogP contribution >= 0.6 is 0 Å². The van der Waals surface area contributed by atoms with Crippen LogP contribution in [0.2, 0.25) is 0 Å². The summed E-state index contributed by atoms with van der Waals surface area (Å²) < 4.78 is 11.0. The molecular formula is C24H49N3O2. The minimum atomic E-state index is 0.263. The number of ether oxygens (including phenoxy) is 2. The molecule has 5 nitrogen and oxygen atoms in total. The van der Waals surface area contributed by atoms with Crippen LogP contribution in [0.3, 0.4) is 0 Å². The van der Waals surface area contributed by atoms with E-state index in [-0.39, 0.29) is 5.54 Å². The fraction of sp³-hybridized carbons (Fsp3) is 1.00. The Morgan fingerprint density at radius 1 is 0.828 bits per heavy atom. The van der Waals surface area contributed by atoms with Crippen molar-refractivity contribution in [3.8, 4) is 0 Å². The third-order valence-electron chi connectivity index (χ3n) is 7.28. The zero-order chi connectivity index (χ0) is 21.5. The average Bonchev–Trinajstić information content (AvgIpc) is 2.66. The van der Waals surface area contributed by atoms with Crippen LogP contribution in [0.15, 0.2) is 0 Å². The number of nitrogens with zero attached hydrogens (tertiary/aromatic N) is 3. The van der Waals surface area contributed by atoms with E-state index in [0.717, 1.165) is 32.2 Å². The average molecular weight is 412 g/mol. The van der Waals surface area contributed by atoms with Crippen molar-refractivity contribution in [3.63, 3.8) is 0 Å². The molecule has 2 aliphatic rings. The molecule has 0 N–H and O–H groups in total. The summed E-state index contributed by atoms with van der Waals surface area (Å²) in [6.07, 6.45) is 4.28. The molecule has 0 atom stereocenters. The zero-order valence-electron chi connectivity index (χ0n) is 20.5. The summed E-state index contributed by atoms with van der Waals surface area (Å²) in [5, 5.41) is 0. The highest BCUT2D eigenvalue weighted by molar-refractivity contribution is 4.94. The quantitative estimate of drug-likeness (QED) is 0.518. The molecule has 2 saturated heterocycles. The number of piperidine rings is 1. The highest BCUT2D eigenvalue weighted by Gasteiger charge is 2.40. The number of methoxy groups -OCH3 is 1. The van der Waals surface area contributed by atoms with E-state index < -0.39 is 0 Å². The molecule has 0 unspecified atom stereocenters. The van der Waals surface area contributed by atoms with Gasteiger partial charge in [0.2, 0.25) is 0 Å². The van der Waals surface area contributed by atoms with Gasteiger partial charge in [0, 0.05) is 51.9 Å². The SMILES string of the molecule is COCCN1CCN(C(C)(C)CC(C)(C)C2CCN(CCOC(C)C)CC2)CC1. The van der Waals surface area contributed by atoms with Gasteiger partial charge in [-0.25, -0.2) is 0 Å². The molecule has 0 saturated carbocycles. The number of hydrogen-bond acceptors (Lipinski definition) is 5. The zero-order valence-corrected chi connectivity index (χ0v) is 20.5. The fourth-order valence-corrected chi connectivity index (χ4v) is 5.52. The molecule has 2 heterocycles. The molecule has 0 radical (unpaired) electrons. The summed E-state index contributed by atoms with van der Waals surface area (Å²) in [5.41, 5.74) is 0.649. The molecule has 2 aliphatic heterocycles. The Morgan fingerprint density at radius 2 is 1.38 bits per heavy atom. The Hall–Kier alpha value is -0.200. The second-order valence-corrected chi connectivity index (χ2v) is 10.8. The fourth-order valence-electron chi connectivity index (χ4n) is 5.52. The van der Waals surface area contributed by atoms with Gasteiger partial charge in [0.15, 0.2) is 0 Å². The molecule has 0 aromatic heterocycles. The van der Waals surface area contributed by atoms with Gasteiger partial charge in [0.25, 0.3) is 0 Å². The van der Waals surface area contributed by atoms with E-state index in [1.807, 2.05) is 0 Å². The number of piperazine rings is 1. The summed E-state index contributed by atoms with van der Waals surface area (Å²) in [7, 11) is 1.80. The van der Waals surface area contributed by atoms with E-state index in [9.17, 15) is 0 Å². The van der Waals surface area contributed by atoms with Crippen LogP contribution < -0.4 is 0 Å². The van der Waals surface area contributed by atoms with Gasteiger partial charge in [-0.05, 0) is 71.4 Å². The number of likely N-dealkylation sites (tertiary alicyclic amines) is 1. The van der Waals surface area contributed by atoms with Crippen LogP contribution in [0.1, 0.15) is 60.8 Å². The minimum Gasteiger partial charge on any atom is -0.383 e. The standard InChI is InChI=1S/C24H49N3O2/c1-21(2)29-19-17-25-10-8-22(9-11-25)23(3,4)20-24(5,6)27-14-12-26(13-15-27)16-18-28-7/h21-22H,8-20H2,1-7H3. The summed E-state index contributed by atoms with van der Waals surface area (Å²) in [6, 6.07) is 0. The Balaban J connectivity index is 1.78. The molecule has 0 bridgehead atoms. The van der Waals surface area contributed by atoms with Gasteiger partial charge in [-0.1, -0.05) is 13.8 Å². The molecule has 172 valence electrons. The predicted molar refractivity (Wildman–Crippen MR) is 123 cm³/mol. The van der Waals surface area contributed by atoms with Gasteiger partial charge in [-0.15, -0.1) is 0 Å². The van der Waals surface area contributed by atoms with Crippen LogP contribution in [0.4, 0.5) is 0 Å². The minimum absolute atomic E-state index is 0.263. The summed E-state index contributed by atoms with van der Waals surface area (Å²) in [5.74, 6) is 0.826. The van der Waals surface area contributed by atoms with E-state index in [1.165, 1.54) is 58.5 Å². The smallest absolute Gasteiger partial charge is 0.0596 e. The molecule has 0 amide bonds. The monoisotopic (exact) mass is 411 g/mol. The van der Waals surface area contributed by atoms with E-state index in [4.69, 9.17) is 9.47 Å². The third kappa shape index (κ3) is 8.10. The molecule has 2 fully saturated rings. The maximum atomic E-state index is 5.74. The molecule has 0 aromatic rings. The topological polar surface area (TPSA) is 28.2 Å². The first-order valence-electron chi connectivity index (χ1n) is 11.9. The van der Waals surface area contributed by atoms with Crippen LogP contribution in [0, 0.1) is 11.3 Å². The van der Waals surface area contributed by atoms with Crippen molar-refractivity contribution in [3.05, 3.63) is 0 Å². The summed E-state index contributed by atoms with van der Waals surface area (Å²) in [6.45, 7) is 25.3. The van der Waals surface area contributed by atoms with E-state index in [2.05, 4.69) is 56.2 Å². The first-order chi connectivity index (χ1) is 13.6. The van der Waals surface area contributed by atoms with Gasteiger partial charge in [-0.3, -0.25) is 9.80 Å². The molecule has 5 heteroatoms. The second-order valence-electron chi connectivity index (χ2n) is 10.8. The molecular weight excluding hydrogens is 362 g/mol. The van der Waals surface area contributed by atoms with E-state index in [0.29, 0.717) is 11.5 Å². The van der Waals surface area contributed by atoms with Crippen molar-refractivity contribution in [2.75, 3.05) is 72.7 Å². The van der Waals surface area contributed by atoms with Crippen LogP contribution in [-0.4, -0.2) is 99.0 Å². The van der Waals surface area contributed by atoms with Crippen molar-refractivity contribution >= 4 is 0 Å². The normalized spacial score (nSPS) is 21.9. The Labute approximate surface area is 181 Å². The van der Waals surface area contributed by atoms with Crippen LogP contribution in [-0.2, 0) is 9.47 Å². The first-order valence-corrected chi connectivity index (χ1v) is 11.9. The highest BCUT2D eigenvalue weighted by Crippen LogP contribution is 2.42. The van der Waals surface area contributed by atoms with Crippen LogP contribution in [0.5, 0.6) is 0 Å². The molecule has 0 aliphatic carbocycles. The lowest BCUT2D eigenvalue weighted by Crippen LogP contribution is -2.56. The van der Waals surface area contributed by atoms with Crippen molar-refractivity contribution in [2.24, 2.45) is 11.3 Å². The molecule has 0 aromatic carbocycles. The van der Waals surface area contributed by atoms with Crippen molar-refractivity contribution in [1.29, 1.82) is 0 Å². The maximum absolute atomic E-state index is 5.74. The number of rotatable bonds is 11. The highest BCUT2D eigenvalue weighted by atomic mass is 16.5. The largest absolute Gasteiger partial charge is 0.383 e. The lowest BCUT2D eigenvalue weighted by molar-refractivity contribution is -0.00656. The van der Waals surface area contributed by atoms with Crippen molar-refractivity contribution in [1.82, 2.24) is 14.7 Å². The first kappa shape index (κ1) is 25.1. The lowest BCUT2D eigenvalue weighted by atomic mass is 9.67. The molecule has 29 heavy (non-hydrogen) atoms. The number of hydrogen-bond donors (Lipinski definition) is 0. The summed E-state index contributed by atoms with van der Waals surface area (Å²) in [4.78, 5) is 7.87. The van der Waals surface area contributed by atoms with E-state index in [1.54, 1.807) is 7.11 Å². The van der Waals surface area contributed by atoms with Gasteiger partial charge in [0.05, 0.1) is 19.3 Å². The summed E-state index contributed by atoms with van der Waals surface area (Å²) >= 11 is 0. The van der Waals surface area contributed by atoms with Crippen molar-refractivity contribution in [2.45, 2.75) is 72.4 Å². The Bertz CT molecular complexity index is 451. The predicted octanol–water partition coefficient (Wildman–Crippen LogP) is 3.58. The van der Waals surface area contributed by atoms with Gasteiger partial charge in [0.1, 0.15) is 0 Å². The van der Waals surface area contributed by atoms with Gasteiger partial charge >= 0.3 is 0 Å². The molecule has 0 spiro atoms. The Morgan fingerprint density at radius 3 is 1.93 bits per heavy atom. The Kier molecular flexibility index (Phi) is 9.88. The van der Waals surface area contributed by atoms with E-state index >= 15 is 0 Å².